The van der Waals surface area contributed by atoms with E-state index in [1.165, 1.54) is 23.9 Å². The first-order valence-electron chi connectivity index (χ1n) is 7.86. The summed E-state index contributed by atoms with van der Waals surface area (Å²) in [6.45, 7) is 1.70. The molecule has 3 rings (SSSR count). The van der Waals surface area contributed by atoms with Crippen LogP contribution in [0.2, 0.25) is 0 Å². The summed E-state index contributed by atoms with van der Waals surface area (Å²) >= 11 is 0. The summed E-state index contributed by atoms with van der Waals surface area (Å²) in [5, 5.41) is 11.4. The number of nitrogens with one attached hydrogen (secondary N) is 1. The summed E-state index contributed by atoms with van der Waals surface area (Å²) in [6, 6.07) is 9.85. The highest BCUT2D eigenvalue weighted by atomic mass is 32.2. The lowest BCUT2D eigenvalue weighted by molar-refractivity contribution is 0.588. The molecule has 0 fully saturated rings. The number of hydrogen-bond donors (Lipinski definition) is 1. The van der Waals surface area contributed by atoms with Gasteiger partial charge in [-0.1, -0.05) is 24.3 Å². The van der Waals surface area contributed by atoms with Gasteiger partial charge in [-0.25, -0.2) is 22.2 Å². The number of hydrogen-bond acceptors (Lipinski definition) is 5. The van der Waals surface area contributed by atoms with Crippen molar-refractivity contribution in [3.05, 3.63) is 58.9 Å². The van der Waals surface area contributed by atoms with E-state index in [0.717, 1.165) is 5.56 Å². The molecule has 1 heterocycles. The molecule has 0 aliphatic heterocycles. The fourth-order valence-electron chi connectivity index (χ4n) is 2.71. The van der Waals surface area contributed by atoms with Crippen LogP contribution in [0.1, 0.15) is 16.7 Å². The van der Waals surface area contributed by atoms with Crippen molar-refractivity contribution >= 4 is 10.0 Å². The SMILES string of the molecule is CNS(=O)(=O)c1ccc(Cc2cccc(C)c2F)c(-c2nnnn2C)c1. The second-order valence-electron chi connectivity index (χ2n) is 5.88. The molecule has 0 spiro atoms. The predicted molar refractivity (Wildman–Crippen MR) is 94.4 cm³/mol. The first-order chi connectivity index (χ1) is 12.3. The van der Waals surface area contributed by atoms with Gasteiger partial charge in [-0.3, -0.25) is 0 Å². The van der Waals surface area contributed by atoms with Gasteiger partial charge in [0.1, 0.15) is 5.82 Å². The van der Waals surface area contributed by atoms with Gasteiger partial charge in [0.25, 0.3) is 0 Å². The van der Waals surface area contributed by atoms with Crippen molar-refractivity contribution < 1.29 is 12.8 Å². The Labute approximate surface area is 150 Å². The fourth-order valence-corrected chi connectivity index (χ4v) is 3.47. The van der Waals surface area contributed by atoms with Gasteiger partial charge in [-0.2, -0.15) is 0 Å². The van der Waals surface area contributed by atoms with Crippen LogP contribution in [0, 0.1) is 12.7 Å². The van der Waals surface area contributed by atoms with Crippen molar-refractivity contribution in [1.29, 1.82) is 0 Å². The van der Waals surface area contributed by atoms with Crippen molar-refractivity contribution in [2.45, 2.75) is 18.2 Å². The largest absolute Gasteiger partial charge is 0.240 e. The Morgan fingerprint density at radius 3 is 2.62 bits per heavy atom. The minimum Gasteiger partial charge on any atom is -0.229 e. The first-order valence-corrected chi connectivity index (χ1v) is 9.35. The third-order valence-corrected chi connectivity index (χ3v) is 5.59. The number of aromatic nitrogens is 4. The summed E-state index contributed by atoms with van der Waals surface area (Å²) in [5.41, 5.74) is 2.33. The third-order valence-electron chi connectivity index (χ3n) is 4.17. The third kappa shape index (κ3) is 3.35. The molecule has 26 heavy (non-hydrogen) atoms. The van der Waals surface area contributed by atoms with Gasteiger partial charge in [0.15, 0.2) is 5.82 Å². The highest BCUT2D eigenvalue weighted by Gasteiger charge is 2.19. The van der Waals surface area contributed by atoms with Crippen LogP contribution in [-0.2, 0) is 23.5 Å². The number of halogens is 1. The Morgan fingerprint density at radius 2 is 1.96 bits per heavy atom. The Balaban J connectivity index is 2.16. The molecule has 0 saturated heterocycles. The molecule has 7 nitrogen and oxygen atoms in total. The van der Waals surface area contributed by atoms with E-state index in [9.17, 15) is 12.8 Å². The molecule has 136 valence electrons. The zero-order chi connectivity index (χ0) is 18.9. The van der Waals surface area contributed by atoms with E-state index < -0.39 is 10.0 Å². The van der Waals surface area contributed by atoms with Gasteiger partial charge in [-0.15, -0.1) is 5.10 Å². The zero-order valence-corrected chi connectivity index (χ0v) is 15.4. The van der Waals surface area contributed by atoms with Crippen LogP contribution in [0.5, 0.6) is 0 Å². The van der Waals surface area contributed by atoms with Crippen LogP contribution in [0.3, 0.4) is 0 Å². The van der Waals surface area contributed by atoms with Crippen molar-refractivity contribution in [3.63, 3.8) is 0 Å². The predicted octanol–water partition coefficient (Wildman–Crippen LogP) is 1.82. The van der Waals surface area contributed by atoms with Gasteiger partial charge in [-0.05, 0) is 53.2 Å². The van der Waals surface area contributed by atoms with E-state index in [2.05, 4.69) is 20.2 Å². The molecule has 0 aliphatic rings. The number of rotatable bonds is 5. The lowest BCUT2D eigenvalue weighted by Crippen LogP contribution is -2.18. The second-order valence-corrected chi connectivity index (χ2v) is 7.76. The topological polar surface area (TPSA) is 89.8 Å². The molecule has 1 N–H and O–H groups in total. The minimum absolute atomic E-state index is 0.0893. The Morgan fingerprint density at radius 1 is 1.19 bits per heavy atom. The lowest BCUT2D eigenvalue weighted by atomic mass is 9.98. The summed E-state index contributed by atoms with van der Waals surface area (Å²) in [4.78, 5) is 0.0893. The van der Waals surface area contributed by atoms with Gasteiger partial charge >= 0.3 is 0 Å². The van der Waals surface area contributed by atoms with E-state index in [4.69, 9.17) is 0 Å². The van der Waals surface area contributed by atoms with Gasteiger partial charge < -0.3 is 0 Å². The molecule has 0 saturated carbocycles. The van der Waals surface area contributed by atoms with E-state index >= 15 is 0 Å². The maximum atomic E-state index is 14.4. The average Bonchev–Trinajstić information content (AvgIpc) is 3.05. The zero-order valence-electron chi connectivity index (χ0n) is 14.6. The number of tetrazole rings is 1. The number of nitrogens with zero attached hydrogens (tertiary/aromatic N) is 4. The van der Waals surface area contributed by atoms with E-state index in [1.807, 2.05) is 0 Å². The van der Waals surface area contributed by atoms with Crippen molar-refractivity contribution in [1.82, 2.24) is 24.9 Å². The van der Waals surface area contributed by atoms with Gasteiger partial charge in [0.05, 0.1) is 4.90 Å². The summed E-state index contributed by atoms with van der Waals surface area (Å²) < 4.78 is 42.4. The number of aryl methyl sites for hydroxylation is 2. The molecule has 3 aromatic rings. The lowest BCUT2D eigenvalue weighted by Gasteiger charge is -2.12. The van der Waals surface area contributed by atoms with Crippen molar-refractivity contribution in [3.8, 4) is 11.4 Å². The van der Waals surface area contributed by atoms with Crippen LogP contribution in [-0.4, -0.2) is 35.7 Å². The smallest absolute Gasteiger partial charge is 0.229 e. The molecule has 2 aromatic carbocycles. The second kappa shape index (κ2) is 6.93. The molecule has 0 radical (unpaired) electrons. The van der Waals surface area contributed by atoms with E-state index in [0.29, 0.717) is 22.5 Å². The monoisotopic (exact) mass is 375 g/mol. The van der Waals surface area contributed by atoms with Crippen molar-refractivity contribution in [2.24, 2.45) is 7.05 Å². The molecule has 0 unspecified atom stereocenters. The van der Waals surface area contributed by atoms with E-state index in [-0.39, 0.29) is 17.1 Å². The van der Waals surface area contributed by atoms with Gasteiger partial charge in [0, 0.05) is 19.0 Å². The van der Waals surface area contributed by atoms with Crippen LogP contribution < -0.4 is 4.72 Å². The first kappa shape index (κ1) is 18.2. The molecule has 0 bridgehead atoms. The molecule has 9 heteroatoms. The Kier molecular flexibility index (Phi) is 4.84. The highest BCUT2D eigenvalue weighted by molar-refractivity contribution is 7.89. The quantitative estimate of drug-likeness (QED) is 0.735. The highest BCUT2D eigenvalue weighted by Crippen LogP contribution is 2.27. The fraction of sp³-hybridized carbons (Fsp3) is 0.235. The Hall–Kier alpha value is -2.65. The summed E-state index contributed by atoms with van der Waals surface area (Å²) in [6.07, 6.45) is 0.287. The van der Waals surface area contributed by atoms with Crippen LogP contribution in [0.4, 0.5) is 4.39 Å². The van der Waals surface area contributed by atoms with Crippen LogP contribution in [0.15, 0.2) is 41.3 Å². The minimum atomic E-state index is -3.63. The van der Waals surface area contributed by atoms with Crippen LogP contribution in [0.25, 0.3) is 11.4 Å². The Bertz CT molecular complexity index is 1060. The molecule has 1 aromatic heterocycles. The number of benzene rings is 2. The summed E-state index contributed by atoms with van der Waals surface area (Å²) in [5.74, 6) is 0.127. The molecular formula is C17H18FN5O2S. The molecule has 0 aliphatic carbocycles. The van der Waals surface area contributed by atoms with Gasteiger partial charge in [0.2, 0.25) is 10.0 Å². The standard InChI is InChI=1S/C17H18FN5O2S/c1-11-5-4-6-13(16(11)18)9-12-7-8-14(26(24,25)19-2)10-15(12)17-20-21-22-23(17)3/h4-8,10,19H,9H2,1-3H3. The van der Waals surface area contributed by atoms with E-state index in [1.54, 1.807) is 38.2 Å². The molecule has 0 amide bonds. The average molecular weight is 375 g/mol. The van der Waals surface area contributed by atoms with Crippen molar-refractivity contribution in [2.75, 3.05) is 7.05 Å². The molecular weight excluding hydrogens is 357 g/mol. The number of sulfonamides is 1. The maximum Gasteiger partial charge on any atom is 0.240 e. The normalized spacial score (nSPS) is 11.7. The van der Waals surface area contributed by atoms with Crippen LogP contribution >= 0.6 is 0 Å². The summed E-state index contributed by atoms with van der Waals surface area (Å²) in [7, 11) is -0.631. The maximum absolute atomic E-state index is 14.4. The molecule has 0 atom stereocenters.